The van der Waals surface area contributed by atoms with Gasteiger partial charge in [-0.1, -0.05) is 0 Å². The van der Waals surface area contributed by atoms with Crippen molar-refractivity contribution in [2.75, 3.05) is 86.1 Å². The van der Waals surface area contributed by atoms with Crippen LogP contribution < -0.4 is 31.1 Å². The summed E-state index contributed by atoms with van der Waals surface area (Å²) in [5.74, 6) is 3.20. The van der Waals surface area contributed by atoms with Gasteiger partial charge in [0, 0.05) is 86.7 Å². The van der Waals surface area contributed by atoms with Gasteiger partial charge in [-0.15, -0.1) is 0 Å². The molecule has 0 bridgehead atoms. The molecule has 0 aliphatic carbocycles. The van der Waals surface area contributed by atoms with E-state index in [0.717, 1.165) is 71.2 Å². The molecule has 2 saturated heterocycles. The van der Waals surface area contributed by atoms with Gasteiger partial charge < -0.3 is 50.3 Å². The van der Waals surface area contributed by atoms with Gasteiger partial charge in [0.1, 0.15) is 11.6 Å². The molecule has 6 heterocycles. The quantitative estimate of drug-likeness (QED) is 0.162. The Morgan fingerprint density at radius 1 is 0.576 bits per heavy atom. The minimum Gasteiger partial charge on any atom is -0.377 e. The molecule has 8 rings (SSSR count). The number of ether oxygens (including phenoxy) is 2. The van der Waals surface area contributed by atoms with Crippen molar-refractivity contribution in [3.63, 3.8) is 0 Å². The van der Waals surface area contributed by atoms with Gasteiger partial charge in [-0.3, -0.25) is 9.59 Å². The minimum absolute atomic E-state index is 0.0513. The third-order valence-electron chi connectivity index (χ3n) is 12.5. The van der Waals surface area contributed by atoms with Crippen molar-refractivity contribution in [3.05, 3.63) is 71.0 Å². The first-order valence-corrected chi connectivity index (χ1v) is 23.1. The van der Waals surface area contributed by atoms with E-state index in [1.54, 1.807) is 13.8 Å². The number of fused-ring (bicyclic) bond motifs is 2. The molecule has 6 amide bonds. The molecule has 4 atom stereocenters. The number of hydrogen-bond donors (Lipinski definition) is 4. The first kappa shape index (κ1) is 47.6. The average molecular weight is 905 g/mol. The Morgan fingerprint density at radius 3 is 1.29 bits per heavy atom. The van der Waals surface area contributed by atoms with E-state index >= 15 is 0 Å². The summed E-state index contributed by atoms with van der Waals surface area (Å²) < 4.78 is 11.3. The summed E-state index contributed by atoms with van der Waals surface area (Å²) in [6.07, 6.45) is 1.46. The molecule has 4 aliphatic heterocycles. The first-order chi connectivity index (χ1) is 31.8. The van der Waals surface area contributed by atoms with Gasteiger partial charge in [-0.25, -0.2) is 29.5 Å². The van der Waals surface area contributed by atoms with E-state index in [4.69, 9.17) is 29.4 Å². The normalized spacial score (nSPS) is 20.2. The highest BCUT2D eigenvalue weighted by molar-refractivity contribution is 5.90. The fraction of sp³-hybridized carbons (Fsp3) is 0.500. The van der Waals surface area contributed by atoms with Crippen LogP contribution in [-0.2, 0) is 31.9 Å². The molecular formula is C48H64N12O6. The Labute approximate surface area is 387 Å². The van der Waals surface area contributed by atoms with Gasteiger partial charge in [0.2, 0.25) is 11.8 Å². The number of urea groups is 2. The number of carbonyl (C=O) groups excluding carboxylic acids is 4. The SMILES string of the molecule is CCNC(=O)Nc1ccc(-c2nc3c(c(N4CCOC[C@@H]4C)n2)CCN(C(C)=O)[C@@H]3C)cc1.CCNC(=O)Nc1ccc(-c2nc3c(c(N4CCOC[C@@H]4C)n2)CCN(C(C)=O)[C@H]3C)cc1. The highest BCUT2D eigenvalue weighted by Crippen LogP contribution is 2.38. The predicted octanol–water partition coefficient (Wildman–Crippen LogP) is 5.95. The van der Waals surface area contributed by atoms with Crippen molar-refractivity contribution >= 4 is 46.9 Å². The summed E-state index contributed by atoms with van der Waals surface area (Å²) in [6, 6.07) is 14.7. The zero-order valence-electron chi connectivity index (χ0n) is 39.4. The first-order valence-electron chi connectivity index (χ1n) is 23.1. The fourth-order valence-electron chi connectivity index (χ4n) is 9.05. The van der Waals surface area contributed by atoms with Crippen molar-refractivity contribution < 1.29 is 28.7 Å². The van der Waals surface area contributed by atoms with E-state index < -0.39 is 0 Å². The Balaban J connectivity index is 0.000000196. The number of amides is 6. The smallest absolute Gasteiger partial charge is 0.319 e. The minimum atomic E-state index is -0.239. The molecule has 2 fully saturated rings. The largest absolute Gasteiger partial charge is 0.377 e. The van der Waals surface area contributed by atoms with Crippen LogP contribution in [-0.4, -0.2) is 131 Å². The van der Waals surface area contributed by atoms with Crippen molar-refractivity contribution in [2.24, 2.45) is 0 Å². The molecule has 0 unspecified atom stereocenters. The van der Waals surface area contributed by atoms with Crippen LogP contribution in [0.3, 0.4) is 0 Å². The summed E-state index contributed by atoms with van der Waals surface area (Å²) >= 11 is 0. The van der Waals surface area contributed by atoms with Crippen LogP contribution in [0, 0.1) is 0 Å². The topological polar surface area (TPSA) is 199 Å². The number of nitrogens with one attached hydrogen (secondary N) is 4. The highest BCUT2D eigenvalue weighted by Gasteiger charge is 2.35. The van der Waals surface area contributed by atoms with Crippen LogP contribution in [0.2, 0.25) is 0 Å². The molecule has 0 radical (unpaired) electrons. The maximum Gasteiger partial charge on any atom is 0.319 e. The molecule has 0 spiro atoms. The van der Waals surface area contributed by atoms with E-state index in [-0.39, 0.29) is 48.0 Å². The second kappa shape index (κ2) is 21.3. The van der Waals surface area contributed by atoms with Crippen molar-refractivity contribution in [1.82, 2.24) is 40.4 Å². The maximum atomic E-state index is 12.2. The summed E-state index contributed by atoms with van der Waals surface area (Å²) in [7, 11) is 0. The second-order valence-corrected chi connectivity index (χ2v) is 17.1. The monoisotopic (exact) mass is 905 g/mol. The van der Waals surface area contributed by atoms with Crippen LogP contribution >= 0.6 is 0 Å². The number of carbonyl (C=O) groups is 4. The molecule has 66 heavy (non-hydrogen) atoms. The van der Waals surface area contributed by atoms with E-state index in [1.807, 2.05) is 86.0 Å². The number of hydrogen-bond acceptors (Lipinski definition) is 12. The van der Waals surface area contributed by atoms with E-state index in [1.165, 1.54) is 0 Å². The zero-order valence-corrected chi connectivity index (χ0v) is 39.4. The van der Waals surface area contributed by atoms with Crippen LogP contribution in [0.5, 0.6) is 0 Å². The lowest BCUT2D eigenvalue weighted by Crippen LogP contribution is -2.46. The van der Waals surface area contributed by atoms with Crippen LogP contribution in [0.15, 0.2) is 48.5 Å². The summed E-state index contributed by atoms with van der Waals surface area (Å²) in [5.41, 5.74) is 7.14. The number of benzene rings is 2. The number of nitrogens with zero attached hydrogens (tertiary/aromatic N) is 8. The number of rotatable bonds is 8. The van der Waals surface area contributed by atoms with Crippen LogP contribution in [0.4, 0.5) is 32.6 Å². The summed E-state index contributed by atoms with van der Waals surface area (Å²) in [4.78, 5) is 76.2. The predicted molar refractivity (Wildman–Crippen MR) is 255 cm³/mol. The van der Waals surface area contributed by atoms with Gasteiger partial charge in [0.15, 0.2) is 11.6 Å². The van der Waals surface area contributed by atoms with Crippen molar-refractivity contribution in [1.29, 1.82) is 0 Å². The molecule has 18 heteroatoms. The second-order valence-electron chi connectivity index (χ2n) is 17.1. The lowest BCUT2D eigenvalue weighted by molar-refractivity contribution is -0.132. The highest BCUT2D eigenvalue weighted by atomic mass is 16.5. The van der Waals surface area contributed by atoms with Gasteiger partial charge in [0.25, 0.3) is 0 Å². The summed E-state index contributed by atoms with van der Waals surface area (Å²) in [5, 5.41) is 11.1. The molecule has 4 aromatic rings. The Morgan fingerprint density at radius 2 is 0.955 bits per heavy atom. The number of morpholine rings is 2. The Bertz CT molecular complexity index is 2220. The van der Waals surface area contributed by atoms with E-state index in [0.29, 0.717) is 75.6 Å². The number of aromatic nitrogens is 4. The van der Waals surface area contributed by atoms with Gasteiger partial charge in [0.05, 0.1) is 62.0 Å². The Hall–Kier alpha value is -6.40. The maximum absolute atomic E-state index is 12.2. The summed E-state index contributed by atoms with van der Waals surface area (Å²) in [6.45, 7) is 21.9. The lowest BCUT2D eigenvalue weighted by atomic mass is 9.97. The van der Waals surface area contributed by atoms with Crippen molar-refractivity contribution in [2.45, 2.75) is 92.4 Å². The third kappa shape index (κ3) is 10.7. The molecule has 4 aliphatic rings. The molecule has 0 saturated carbocycles. The molecule has 18 nitrogen and oxygen atoms in total. The molecule has 4 N–H and O–H groups in total. The molecular weight excluding hydrogens is 841 g/mol. The molecule has 2 aromatic heterocycles. The average Bonchev–Trinajstić information content (AvgIpc) is 3.30. The van der Waals surface area contributed by atoms with E-state index in [9.17, 15) is 19.2 Å². The fourth-order valence-corrected chi connectivity index (χ4v) is 9.05. The van der Waals surface area contributed by atoms with E-state index in [2.05, 4.69) is 44.9 Å². The van der Waals surface area contributed by atoms with Gasteiger partial charge >= 0.3 is 12.1 Å². The van der Waals surface area contributed by atoms with Gasteiger partial charge in [-0.2, -0.15) is 0 Å². The van der Waals surface area contributed by atoms with Gasteiger partial charge in [-0.05, 0) is 103 Å². The lowest BCUT2D eigenvalue weighted by Gasteiger charge is -2.39. The molecule has 352 valence electrons. The standard InChI is InChI=1S/2C24H32N6O3/c2*1-5-25-24(32)26-19-8-6-18(7-9-19)22-27-21-16(3)30(17(4)31)11-10-20(21)23(28-22)29-12-13-33-14-15(29)2/h2*6-9,15-16H,5,10-14H2,1-4H3,(H2,25,26,32)/t15-,16+;15-,16-/m00/s1. The van der Waals surface area contributed by atoms with Crippen molar-refractivity contribution in [3.8, 4) is 22.8 Å². The zero-order chi connectivity index (χ0) is 47.1. The number of anilines is 4. The van der Waals surface area contributed by atoms with Crippen LogP contribution in [0.1, 0.15) is 90.0 Å². The molecule has 2 aromatic carbocycles. The third-order valence-corrected chi connectivity index (χ3v) is 12.5. The Kier molecular flexibility index (Phi) is 15.3. The van der Waals surface area contributed by atoms with Crippen LogP contribution in [0.25, 0.3) is 22.8 Å².